The number of nitrogens with zero attached hydrogens (tertiary/aromatic N) is 3. The van der Waals surface area contributed by atoms with E-state index in [-0.39, 0.29) is 5.91 Å². The first-order chi connectivity index (χ1) is 16.0. The van der Waals surface area contributed by atoms with E-state index in [1.165, 1.54) is 12.1 Å². The van der Waals surface area contributed by atoms with Gasteiger partial charge in [0.25, 0.3) is 5.91 Å². The number of anilines is 2. The molecule has 0 atom stereocenters. The molecule has 9 heteroatoms. The van der Waals surface area contributed by atoms with Gasteiger partial charge in [0, 0.05) is 36.6 Å². The van der Waals surface area contributed by atoms with Crippen LogP contribution in [-0.2, 0) is 11.2 Å². The number of pyridine rings is 1. The van der Waals surface area contributed by atoms with Crippen LogP contribution in [0.3, 0.4) is 0 Å². The zero-order valence-electron chi connectivity index (χ0n) is 17.6. The van der Waals surface area contributed by atoms with Gasteiger partial charge in [-0.1, -0.05) is 6.07 Å². The molecule has 33 heavy (non-hydrogen) atoms. The summed E-state index contributed by atoms with van der Waals surface area (Å²) >= 11 is 0. The van der Waals surface area contributed by atoms with E-state index < -0.39 is 11.6 Å². The lowest BCUT2D eigenvalue weighted by atomic mass is 10.1. The van der Waals surface area contributed by atoms with Crippen molar-refractivity contribution in [1.29, 1.82) is 0 Å². The quantitative estimate of drug-likeness (QED) is 0.481. The average molecular weight is 449 g/mol. The molecular weight excluding hydrogens is 428 g/mol. The maximum Gasteiger partial charge on any atom is 0.254 e. The number of ether oxygens (including phenoxy) is 1. The molecule has 0 aliphatic carbocycles. The molecule has 1 aliphatic heterocycles. The number of fused-ring (bicyclic) bond motifs is 1. The minimum Gasteiger partial charge on any atom is -0.378 e. The summed E-state index contributed by atoms with van der Waals surface area (Å²) in [7, 11) is 0. The maximum absolute atomic E-state index is 13.5. The summed E-state index contributed by atoms with van der Waals surface area (Å²) in [4.78, 5) is 18.9. The molecule has 2 N–H and O–H groups in total. The maximum atomic E-state index is 13.5. The van der Waals surface area contributed by atoms with Crippen LogP contribution in [0.1, 0.15) is 21.5 Å². The lowest BCUT2D eigenvalue weighted by molar-refractivity contribution is 0.0303. The second-order valence-corrected chi connectivity index (χ2v) is 7.88. The number of hydrogen-bond acceptors (Lipinski definition) is 5. The average Bonchev–Trinajstić information content (AvgIpc) is 3.20. The molecule has 2 aromatic carbocycles. The number of aromatic amines is 1. The Morgan fingerprint density at radius 3 is 2.64 bits per heavy atom. The van der Waals surface area contributed by atoms with E-state index in [2.05, 4.69) is 20.5 Å². The topological polar surface area (TPSA) is 83.1 Å². The van der Waals surface area contributed by atoms with E-state index in [9.17, 15) is 13.6 Å². The van der Waals surface area contributed by atoms with Crippen molar-refractivity contribution in [2.45, 2.75) is 6.42 Å². The largest absolute Gasteiger partial charge is 0.378 e. The van der Waals surface area contributed by atoms with Gasteiger partial charge in [0.2, 0.25) is 0 Å². The fourth-order valence-corrected chi connectivity index (χ4v) is 3.91. The fraction of sp³-hybridized carbons (Fsp3) is 0.208. The number of carbonyl (C=O) groups is 1. The van der Waals surface area contributed by atoms with E-state index in [4.69, 9.17) is 4.74 Å². The molecule has 3 heterocycles. The van der Waals surface area contributed by atoms with Crippen molar-refractivity contribution >= 4 is 28.4 Å². The SMILES string of the molecule is O=C(c1cccc(Nc2[nH]nc3ncc(Cc4cc(F)cc(F)c4)cc23)c1)N1CCOCC1. The van der Waals surface area contributed by atoms with Crippen LogP contribution in [0.25, 0.3) is 11.0 Å². The van der Waals surface area contributed by atoms with E-state index in [0.717, 1.165) is 22.7 Å². The van der Waals surface area contributed by atoms with Gasteiger partial charge in [-0.05, 0) is 53.9 Å². The van der Waals surface area contributed by atoms with Gasteiger partial charge in [-0.2, -0.15) is 5.10 Å². The van der Waals surface area contributed by atoms with Crippen LogP contribution in [0.2, 0.25) is 0 Å². The molecule has 1 saturated heterocycles. The highest BCUT2D eigenvalue weighted by molar-refractivity contribution is 5.96. The van der Waals surface area contributed by atoms with E-state index in [1.54, 1.807) is 23.2 Å². The van der Waals surface area contributed by atoms with E-state index >= 15 is 0 Å². The summed E-state index contributed by atoms with van der Waals surface area (Å²) in [6, 6.07) is 12.6. The number of benzene rings is 2. The Hall–Kier alpha value is -3.85. The smallest absolute Gasteiger partial charge is 0.254 e. The van der Waals surface area contributed by atoms with Crippen LogP contribution >= 0.6 is 0 Å². The van der Waals surface area contributed by atoms with Gasteiger partial charge < -0.3 is 15.0 Å². The molecule has 1 aliphatic rings. The summed E-state index contributed by atoms with van der Waals surface area (Å²) in [5, 5.41) is 11.1. The Morgan fingerprint density at radius 2 is 1.85 bits per heavy atom. The second kappa shape index (κ2) is 8.95. The predicted molar refractivity (Wildman–Crippen MR) is 119 cm³/mol. The molecule has 0 bridgehead atoms. The van der Waals surface area contributed by atoms with Gasteiger partial charge in [-0.3, -0.25) is 9.89 Å². The highest BCUT2D eigenvalue weighted by Gasteiger charge is 2.19. The summed E-state index contributed by atoms with van der Waals surface area (Å²) in [6.07, 6.45) is 1.96. The Labute approximate surface area is 188 Å². The normalized spacial score (nSPS) is 13.9. The van der Waals surface area contributed by atoms with Crippen LogP contribution in [-0.4, -0.2) is 52.3 Å². The van der Waals surface area contributed by atoms with Gasteiger partial charge in [-0.25, -0.2) is 13.8 Å². The van der Waals surface area contributed by atoms with Crippen LogP contribution in [0.15, 0.2) is 54.7 Å². The minimum absolute atomic E-state index is 0.0392. The molecule has 168 valence electrons. The first-order valence-corrected chi connectivity index (χ1v) is 10.6. The number of carbonyl (C=O) groups excluding carboxylic acids is 1. The third-order valence-electron chi connectivity index (χ3n) is 5.47. The molecule has 1 amide bonds. The van der Waals surface area contributed by atoms with Crippen molar-refractivity contribution in [1.82, 2.24) is 20.1 Å². The molecule has 4 aromatic rings. The summed E-state index contributed by atoms with van der Waals surface area (Å²) in [6.45, 7) is 2.24. The third kappa shape index (κ3) is 4.68. The van der Waals surface area contributed by atoms with Gasteiger partial charge in [0.15, 0.2) is 5.65 Å². The minimum atomic E-state index is -0.615. The van der Waals surface area contributed by atoms with Crippen molar-refractivity contribution in [3.05, 3.63) is 83.1 Å². The molecule has 5 rings (SSSR count). The van der Waals surface area contributed by atoms with Crippen molar-refractivity contribution in [3.63, 3.8) is 0 Å². The highest BCUT2D eigenvalue weighted by atomic mass is 19.1. The first kappa shape index (κ1) is 21.0. The molecule has 0 radical (unpaired) electrons. The lowest BCUT2D eigenvalue weighted by Gasteiger charge is -2.27. The summed E-state index contributed by atoms with van der Waals surface area (Å²) in [5.74, 6) is -0.657. The van der Waals surface area contributed by atoms with E-state index in [1.807, 2.05) is 18.2 Å². The molecule has 0 unspecified atom stereocenters. The van der Waals surface area contributed by atoms with Crippen LogP contribution in [0, 0.1) is 11.6 Å². The number of amides is 1. The van der Waals surface area contributed by atoms with Crippen molar-refractivity contribution < 1.29 is 18.3 Å². The van der Waals surface area contributed by atoms with E-state index in [0.29, 0.717) is 55.3 Å². The lowest BCUT2D eigenvalue weighted by Crippen LogP contribution is -2.40. The molecule has 0 saturated carbocycles. The van der Waals surface area contributed by atoms with Crippen molar-refractivity contribution in [3.8, 4) is 0 Å². The standard InChI is InChI=1S/C24H21F2N5O2/c25-18-9-15(10-19(26)13-18)8-16-11-21-22(27-14-16)29-30-23(21)28-20-3-1-2-17(12-20)24(32)31-4-6-33-7-5-31/h1-3,9-14H,4-8H2,(H2,27,28,29,30). The first-order valence-electron chi connectivity index (χ1n) is 10.6. The molecular formula is C24H21F2N5O2. The van der Waals surface area contributed by atoms with Gasteiger partial charge in [-0.15, -0.1) is 0 Å². The van der Waals surface area contributed by atoms with Crippen molar-refractivity contribution in [2.75, 3.05) is 31.6 Å². The zero-order valence-corrected chi connectivity index (χ0v) is 17.6. The second-order valence-electron chi connectivity index (χ2n) is 7.88. The number of halogens is 2. The van der Waals surface area contributed by atoms with Crippen molar-refractivity contribution in [2.24, 2.45) is 0 Å². The summed E-state index contributed by atoms with van der Waals surface area (Å²) < 4.78 is 32.4. The number of morpholine rings is 1. The monoisotopic (exact) mass is 449 g/mol. The molecule has 2 aromatic heterocycles. The van der Waals surface area contributed by atoms with Crippen LogP contribution in [0.4, 0.5) is 20.3 Å². The Morgan fingerprint density at radius 1 is 1.06 bits per heavy atom. The molecule has 7 nitrogen and oxygen atoms in total. The molecule has 0 spiro atoms. The van der Waals surface area contributed by atoms with Crippen LogP contribution in [0.5, 0.6) is 0 Å². The van der Waals surface area contributed by atoms with Gasteiger partial charge in [0.1, 0.15) is 17.5 Å². The fourth-order valence-electron chi connectivity index (χ4n) is 3.91. The predicted octanol–water partition coefficient (Wildman–Crippen LogP) is 4.04. The summed E-state index contributed by atoms with van der Waals surface area (Å²) in [5.41, 5.74) is 3.11. The number of H-pyrrole nitrogens is 1. The molecule has 1 fully saturated rings. The zero-order chi connectivity index (χ0) is 22.8. The van der Waals surface area contributed by atoms with Crippen LogP contribution < -0.4 is 5.32 Å². The van der Waals surface area contributed by atoms with Gasteiger partial charge >= 0.3 is 0 Å². The number of aromatic nitrogens is 3. The number of nitrogens with one attached hydrogen (secondary N) is 2. The Balaban J connectivity index is 1.38. The highest BCUT2D eigenvalue weighted by Crippen LogP contribution is 2.25. The third-order valence-corrected chi connectivity index (χ3v) is 5.47. The Bertz CT molecular complexity index is 1300. The van der Waals surface area contributed by atoms with Gasteiger partial charge in [0.05, 0.1) is 18.6 Å². The number of rotatable bonds is 5. The Kier molecular flexibility index (Phi) is 5.70. The number of hydrogen-bond donors (Lipinski definition) is 2.